The van der Waals surface area contributed by atoms with Crippen LogP contribution < -0.4 is 0 Å². The number of halogens is 1. The highest BCUT2D eigenvalue weighted by molar-refractivity contribution is 4.69. The third-order valence-corrected chi connectivity index (χ3v) is 3.42. The molecule has 1 heteroatoms. The first-order valence-electron chi connectivity index (χ1n) is 7.04. The fraction of sp³-hybridized carbons (Fsp3) is 1.00. The zero-order valence-electron chi connectivity index (χ0n) is 12.0. The van der Waals surface area contributed by atoms with Crippen molar-refractivity contribution in [3.63, 3.8) is 0 Å². The predicted molar refractivity (Wildman–Crippen MR) is 71.5 cm³/mol. The van der Waals surface area contributed by atoms with Gasteiger partial charge in [0, 0.05) is 0 Å². The lowest BCUT2D eigenvalue weighted by Gasteiger charge is -2.19. The summed E-state index contributed by atoms with van der Waals surface area (Å²) in [4.78, 5) is 0. The second-order valence-corrected chi connectivity index (χ2v) is 6.18. The molecule has 0 aliphatic rings. The Morgan fingerprint density at radius 1 is 0.938 bits per heavy atom. The van der Waals surface area contributed by atoms with Crippen LogP contribution in [0.25, 0.3) is 0 Å². The Hall–Kier alpha value is -0.0700. The predicted octanol–water partition coefficient (Wildman–Crippen LogP) is 5.76. The maximum Gasteiger partial charge on any atom is 0.105 e. The topological polar surface area (TPSA) is 0 Å². The third-order valence-electron chi connectivity index (χ3n) is 3.42. The number of rotatable bonds is 9. The van der Waals surface area contributed by atoms with E-state index in [0.29, 0.717) is 12.3 Å². The van der Waals surface area contributed by atoms with E-state index < -0.39 is 5.67 Å². The molecule has 0 heterocycles. The van der Waals surface area contributed by atoms with Crippen LogP contribution in [0.2, 0.25) is 0 Å². The molecule has 16 heavy (non-hydrogen) atoms. The normalized spacial score (nSPS) is 16.1. The van der Waals surface area contributed by atoms with Crippen LogP contribution in [0.1, 0.15) is 79.6 Å². The van der Waals surface area contributed by atoms with Crippen molar-refractivity contribution in [2.45, 2.75) is 85.2 Å². The molecule has 0 aromatic heterocycles. The monoisotopic (exact) mass is 230 g/mol. The van der Waals surface area contributed by atoms with Gasteiger partial charge in [0.2, 0.25) is 0 Å². The summed E-state index contributed by atoms with van der Waals surface area (Å²) >= 11 is 0. The van der Waals surface area contributed by atoms with Crippen molar-refractivity contribution in [2.75, 3.05) is 0 Å². The maximum atomic E-state index is 13.4. The van der Waals surface area contributed by atoms with Crippen molar-refractivity contribution in [2.24, 2.45) is 11.8 Å². The second kappa shape index (κ2) is 8.08. The first-order valence-corrected chi connectivity index (χ1v) is 7.04. The number of hydrogen-bond donors (Lipinski definition) is 0. The molecule has 0 radical (unpaired) electrons. The molecule has 0 saturated carbocycles. The van der Waals surface area contributed by atoms with Gasteiger partial charge in [-0.15, -0.1) is 0 Å². The summed E-state index contributed by atoms with van der Waals surface area (Å²) < 4.78 is 13.4. The Morgan fingerprint density at radius 2 is 1.44 bits per heavy atom. The van der Waals surface area contributed by atoms with E-state index in [1.807, 2.05) is 0 Å². The maximum absolute atomic E-state index is 13.4. The Bertz CT molecular complexity index is 157. The summed E-state index contributed by atoms with van der Waals surface area (Å²) in [6.45, 7) is 10.1. The van der Waals surface area contributed by atoms with E-state index in [9.17, 15) is 4.39 Å². The van der Waals surface area contributed by atoms with Gasteiger partial charge in [-0.25, -0.2) is 4.39 Å². The molecule has 0 aliphatic heterocycles. The molecule has 0 bridgehead atoms. The van der Waals surface area contributed by atoms with E-state index in [0.717, 1.165) is 5.92 Å². The lowest BCUT2D eigenvalue weighted by Crippen LogP contribution is -2.16. The molecule has 0 N–H and O–H groups in total. The van der Waals surface area contributed by atoms with Crippen LogP contribution in [-0.4, -0.2) is 5.67 Å². The molecule has 0 rings (SSSR count). The van der Waals surface area contributed by atoms with Crippen molar-refractivity contribution in [1.82, 2.24) is 0 Å². The van der Waals surface area contributed by atoms with Crippen molar-refractivity contribution in [3.8, 4) is 0 Å². The van der Waals surface area contributed by atoms with Gasteiger partial charge in [-0.05, 0) is 32.1 Å². The average molecular weight is 230 g/mol. The third kappa shape index (κ3) is 10.4. The minimum atomic E-state index is -0.990. The SMILES string of the molecule is CCC(C)CCCCCC(C)CC(C)(C)F. The summed E-state index contributed by atoms with van der Waals surface area (Å²) in [6.07, 6.45) is 8.49. The number of alkyl halides is 1. The van der Waals surface area contributed by atoms with Crippen LogP contribution in [0.5, 0.6) is 0 Å². The first kappa shape index (κ1) is 15.9. The minimum Gasteiger partial charge on any atom is -0.244 e. The molecular weight excluding hydrogens is 199 g/mol. The molecule has 0 nitrogen and oxygen atoms in total. The Labute approximate surface area is 102 Å². The highest BCUT2D eigenvalue weighted by atomic mass is 19.1. The standard InChI is InChI=1S/C15H31F/c1-6-13(2)10-8-7-9-11-14(3)12-15(4,5)16/h13-14H,6-12H2,1-5H3. The van der Waals surface area contributed by atoms with E-state index >= 15 is 0 Å². The van der Waals surface area contributed by atoms with Gasteiger partial charge in [0.1, 0.15) is 5.67 Å². The Kier molecular flexibility index (Phi) is 8.05. The molecule has 0 aliphatic carbocycles. The van der Waals surface area contributed by atoms with Crippen LogP contribution in [-0.2, 0) is 0 Å². The Balaban J connectivity index is 3.38. The van der Waals surface area contributed by atoms with E-state index in [4.69, 9.17) is 0 Å². The van der Waals surface area contributed by atoms with Crippen LogP contribution in [0.3, 0.4) is 0 Å². The first-order chi connectivity index (χ1) is 7.35. The molecular formula is C15H31F. The van der Waals surface area contributed by atoms with Gasteiger partial charge < -0.3 is 0 Å². The quantitative estimate of drug-likeness (QED) is 0.442. The molecule has 0 aromatic rings. The molecule has 0 amide bonds. The average Bonchev–Trinajstić information content (AvgIpc) is 2.14. The summed E-state index contributed by atoms with van der Waals surface area (Å²) in [5, 5.41) is 0. The molecule has 0 saturated heterocycles. The summed E-state index contributed by atoms with van der Waals surface area (Å²) in [6, 6.07) is 0. The summed E-state index contributed by atoms with van der Waals surface area (Å²) in [7, 11) is 0. The highest BCUT2D eigenvalue weighted by Gasteiger charge is 2.18. The van der Waals surface area contributed by atoms with Crippen molar-refractivity contribution >= 4 is 0 Å². The van der Waals surface area contributed by atoms with Crippen LogP contribution in [0.15, 0.2) is 0 Å². The van der Waals surface area contributed by atoms with Crippen molar-refractivity contribution in [3.05, 3.63) is 0 Å². The highest BCUT2D eigenvalue weighted by Crippen LogP contribution is 2.24. The van der Waals surface area contributed by atoms with Crippen LogP contribution in [0, 0.1) is 11.8 Å². The summed E-state index contributed by atoms with van der Waals surface area (Å²) in [5.74, 6) is 1.41. The lowest BCUT2D eigenvalue weighted by atomic mass is 9.91. The van der Waals surface area contributed by atoms with E-state index in [1.165, 1.54) is 38.5 Å². The molecule has 2 atom stereocenters. The van der Waals surface area contributed by atoms with Crippen LogP contribution in [0.4, 0.5) is 4.39 Å². The largest absolute Gasteiger partial charge is 0.244 e. The van der Waals surface area contributed by atoms with Crippen molar-refractivity contribution < 1.29 is 4.39 Å². The fourth-order valence-corrected chi connectivity index (χ4v) is 2.30. The fourth-order valence-electron chi connectivity index (χ4n) is 2.30. The molecule has 0 spiro atoms. The zero-order valence-corrected chi connectivity index (χ0v) is 12.0. The second-order valence-electron chi connectivity index (χ2n) is 6.18. The molecule has 2 unspecified atom stereocenters. The van der Waals surface area contributed by atoms with Crippen molar-refractivity contribution in [1.29, 1.82) is 0 Å². The van der Waals surface area contributed by atoms with E-state index in [-0.39, 0.29) is 0 Å². The van der Waals surface area contributed by atoms with Gasteiger partial charge in [0.15, 0.2) is 0 Å². The van der Waals surface area contributed by atoms with E-state index in [1.54, 1.807) is 13.8 Å². The molecule has 0 fully saturated rings. The molecule has 98 valence electrons. The van der Waals surface area contributed by atoms with Gasteiger partial charge in [-0.3, -0.25) is 0 Å². The van der Waals surface area contributed by atoms with Gasteiger partial charge in [0.05, 0.1) is 0 Å². The van der Waals surface area contributed by atoms with Gasteiger partial charge in [-0.1, -0.05) is 59.3 Å². The Morgan fingerprint density at radius 3 is 1.88 bits per heavy atom. The van der Waals surface area contributed by atoms with E-state index in [2.05, 4.69) is 20.8 Å². The summed E-state index contributed by atoms with van der Waals surface area (Å²) in [5.41, 5.74) is -0.990. The van der Waals surface area contributed by atoms with Gasteiger partial charge in [0.25, 0.3) is 0 Å². The minimum absolute atomic E-state index is 0.531. The number of unbranched alkanes of at least 4 members (excludes halogenated alkanes) is 2. The van der Waals surface area contributed by atoms with Crippen LogP contribution >= 0.6 is 0 Å². The zero-order chi connectivity index (χ0) is 12.6. The van der Waals surface area contributed by atoms with Gasteiger partial charge in [-0.2, -0.15) is 0 Å². The lowest BCUT2D eigenvalue weighted by molar-refractivity contribution is 0.169. The van der Waals surface area contributed by atoms with Gasteiger partial charge >= 0.3 is 0 Å². The number of hydrogen-bond acceptors (Lipinski definition) is 0. The molecule has 0 aromatic carbocycles. The smallest absolute Gasteiger partial charge is 0.105 e.